The Kier molecular flexibility index (Phi) is 1.34. The van der Waals surface area contributed by atoms with Crippen LogP contribution < -0.4 is 5.43 Å². The Morgan fingerprint density at radius 1 is 1.56 bits per heavy atom. The second-order valence-corrected chi connectivity index (χ2v) is 1.98. The van der Waals surface area contributed by atoms with Crippen molar-refractivity contribution >= 4 is 0 Å². The molecule has 1 heterocycles. The molecule has 0 saturated heterocycles. The fraction of sp³-hybridized carbons (Fsp3) is 0.333. The van der Waals surface area contributed by atoms with E-state index in [0.29, 0.717) is 0 Å². The van der Waals surface area contributed by atoms with Crippen molar-refractivity contribution in [2.24, 2.45) is 0 Å². The molecule has 0 atom stereocenters. The molecule has 1 N–H and O–H groups in total. The van der Waals surface area contributed by atoms with Gasteiger partial charge < -0.3 is 0 Å². The molecule has 0 spiro atoms. The van der Waals surface area contributed by atoms with Crippen LogP contribution in [-0.4, -0.2) is 10.2 Å². The van der Waals surface area contributed by atoms with Crippen LogP contribution in [0.2, 0.25) is 0 Å². The molecule has 1 rings (SSSR count). The highest BCUT2D eigenvalue weighted by molar-refractivity contribution is 5.12. The van der Waals surface area contributed by atoms with Crippen LogP contribution in [-0.2, 0) is 0 Å². The van der Waals surface area contributed by atoms with Crippen molar-refractivity contribution in [2.75, 3.05) is 0 Å². The molecule has 3 heteroatoms. The average Bonchev–Trinajstić information content (AvgIpc) is 1.83. The molecular weight excluding hydrogens is 116 g/mol. The molecule has 0 amide bonds. The molecule has 0 aromatic carbocycles. The molecule has 0 saturated carbocycles. The highest BCUT2D eigenvalue weighted by Gasteiger charge is 1.93. The van der Waals surface area contributed by atoms with Gasteiger partial charge in [0.15, 0.2) is 0 Å². The number of nitrogens with zero attached hydrogens (tertiary/aromatic N) is 1. The van der Waals surface area contributed by atoms with Crippen LogP contribution in [0.5, 0.6) is 0 Å². The second kappa shape index (κ2) is 2.01. The van der Waals surface area contributed by atoms with Gasteiger partial charge in [0.25, 0.3) is 0 Å². The van der Waals surface area contributed by atoms with E-state index >= 15 is 0 Å². The molecule has 1 aromatic rings. The first-order valence-electron chi connectivity index (χ1n) is 2.72. The SMILES string of the molecule is Cc1[nH]ncc(=O)c1C. The molecule has 9 heavy (non-hydrogen) atoms. The van der Waals surface area contributed by atoms with Crippen molar-refractivity contribution in [1.82, 2.24) is 10.2 Å². The Balaban J connectivity index is 3.43. The van der Waals surface area contributed by atoms with Crippen LogP contribution in [0, 0.1) is 13.8 Å². The molecule has 0 unspecified atom stereocenters. The highest BCUT2D eigenvalue weighted by atomic mass is 16.1. The van der Waals surface area contributed by atoms with Gasteiger partial charge in [-0.1, -0.05) is 0 Å². The maximum absolute atomic E-state index is 10.8. The predicted octanol–water partition coefficient (Wildman–Crippen LogP) is 0.387. The van der Waals surface area contributed by atoms with Crippen molar-refractivity contribution in [2.45, 2.75) is 13.8 Å². The van der Waals surface area contributed by atoms with Gasteiger partial charge in [0.2, 0.25) is 5.43 Å². The third kappa shape index (κ3) is 0.988. The minimum Gasteiger partial charge on any atom is -0.288 e. The van der Waals surface area contributed by atoms with Crippen LogP contribution in [0.25, 0.3) is 0 Å². The van der Waals surface area contributed by atoms with E-state index in [1.54, 1.807) is 6.92 Å². The van der Waals surface area contributed by atoms with Gasteiger partial charge in [-0.3, -0.25) is 9.89 Å². The number of nitrogens with one attached hydrogen (secondary N) is 1. The van der Waals surface area contributed by atoms with Gasteiger partial charge in [-0.25, -0.2) is 0 Å². The minimum absolute atomic E-state index is 0.00810. The summed E-state index contributed by atoms with van der Waals surface area (Å²) < 4.78 is 0. The molecule has 3 nitrogen and oxygen atoms in total. The molecule has 0 aliphatic rings. The fourth-order valence-electron chi connectivity index (χ4n) is 0.553. The van der Waals surface area contributed by atoms with E-state index in [2.05, 4.69) is 10.2 Å². The Labute approximate surface area is 52.7 Å². The molecule has 0 aliphatic heterocycles. The number of aromatic amines is 1. The first-order chi connectivity index (χ1) is 4.22. The smallest absolute Gasteiger partial charge is 0.203 e. The van der Waals surface area contributed by atoms with Gasteiger partial charge in [-0.2, -0.15) is 5.10 Å². The lowest BCUT2D eigenvalue weighted by atomic mass is 10.2. The zero-order chi connectivity index (χ0) is 6.85. The molecule has 0 bridgehead atoms. The summed E-state index contributed by atoms with van der Waals surface area (Å²) in [6.07, 6.45) is 1.28. The van der Waals surface area contributed by atoms with Crippen molar-refractivity contribution < 1.29 is 0 Å². The van der Waals surface area contributed by atoms with Crippen LogP contribution in [0.15, 0.2) is 11.0 Å². The van der Waals surface area contributed by atoms with Gasteiger partial charge in [0.1, 0.15) is 0 Å². The van der Waals surface area contributed by atoms with Gasteiger partial charge in [0, 0.05) is 11.3 Å². The molecule has 0 aliphatic carbocycles. The summed E-state index contributed by atoms with van der Waals surface area (Å²) in [5.74, 6) is 0. The number of hydrogen-bond acceptors (Lipinski definition) is 2. The van der Waals surface area contributed by atoms with Gasteiger partial charge >= 0.3 is 0 Å². The van der Waals surface area contributed by atoms with Gasteiger partial charge in [-0.15, -0.1) is 0 Å². The number of aromatic nitrogens is 2. The standard InChI is InChI=1S/C6H8N2O/c1-4-5(2)8-7-3-6(4)9/h3H,1-2H3,(H,8,9). The van der Waals surface area contributed by atoms with E-state index < -0.39 is 0 Å². The van der Waals surface area contributed by atoms with E-state index in [-0.39, 0.29) is 5.43 Å². The predicted molar refractivity (Wildman–Crippen MR) is 34.3 cm³/mol. The minimum atomic E-state index is -0.00810. The monoisotopic (exact) mass is 124 g/mol. The summed E-state index contributed by atoms with van der Waals surface area (Å²) in [6.45, 7) is 3.60. The van der Waals surface area contributed by atoms with Crippen LogP contribution in [0.4, 0.5) is 0 Å². The van der Waals surface area contributed by atoms with Crippen molar-refractivity contribution in [1.29, 1.82) is 0 Å². The second-order valence-electron chi connectivity index (χ2n) is 1.98. The lowest BCUT2D eigenvalue weighted by Gasteiger charge is -1.92. The van der Waals surface area contributed by atoms with E-state index in [0.717, 1.165) is 11.3 Å². The topological polar surface area (TPSA) is 45.8 Å². The summed E-state index contributed by atoms with van der Waals surface area (Å²) >= 11 is 0. The Hall–Kier alpha value is -1.12. The first-order valence-corrected chi connectivity index (χ1v) is 2.72. The van der Waals surface area contributed by atoms with Crippen LogP contribution in [0.3, 0.4) is 0 Å². The first kappa shape index (κ1) is 6.01. The molecular formula is C6H8N2O. The van der Waals surface area contributed by atoms with Crippen molar-refractivity contribution in [3.05, 3.63) is 27.7 Å². The van der Waals surface area contributed by atoms with Crippen molar-refractivity contribution in [3.8, 4) is 0 Å². The van der Waals surface area contributed by atoms with Gasteiger partial charge in [-0.05, 0) is 13.8 Å². The Morgan fingerprint density at radius 2 is 2.22 bits per heavy atom. The number of hydrogen-bond donors (Lipinski definition) is 1. The fourth-order valence-corrected chi connectivity index (χ4v) is 0.553. The molecule has 0 fully saturated rings. The molecule has 48 valence electrons. The van der Waals surface area contributed by atoms with Crippen molar-refractivity contribution in [3.63, 3.8) is 0 Å². The van der Waals surface area contributed by atoms with E-state index in [9.17, 15) is 4.79 Å². The lowest BCUT2D eigenvalue weighted by Crippen LogP contribution is -2.08. The van der Waals surface area contributed by atoms with E-state index in [1.165, 1.54) is 6.20 Å². The highest BCUT2D eigenvalue weighted by Crippen LogP contribution is 1.90. The summed E-state index contributed by atoms with van der Waals surface area (Å²) in [4.78, 5) is 10.8. The van der Waals surface area contributed by atoms with Crippen LogP contribution in [0.1, 0.15) is 11.3 Å². The Bertz CT molecular complexity index is 264. The molecule has 0 radical (unpaired) electrons. The summed E-state index contributed by atoms with van der Waals surface area (Å²) in [6, 6.07) is 0. The third-order valence-electron chi connectivity index (χ3n) is 1.35. The third-order valence-corrected chi connectivity index (χ3v) is 1.35. The number of H-pyrrole nitrogens is 1. The quantitative estimate of drug-likeness (QED) is 0.543. The number of aryl methyl sites for hydroxylation is 1. The maximum Gasteiger partial charge on any atom is 0.203 e. The summed E-state index contributed by atoms with van der Waals surface area (Å²) in [7, 11) is 0. The maximum atomic E-state index is 10.8. The molecule has 1 aromatic heterocycles. The largest absolute Gasteiger partial charge is 0.288 e. The average molecular weight is 124 g/mol. The number of rotatable bonds is 0. The van der Waals surface area contributed by atoms with Gasteiger partial charge in [0.05, 0.1) is 6.20 Å². The van der Waals surface area contributed by atoms with Crippen LogP contribution >= 0.6 is 0 Å². The zero-order valence-corrected chi connectivity index (χ0v) is 5.43. The summed E-state index contributed by atoms with van der Waals surface area (Å²) in [5, 5.41) is 6.30. The Morgan fingerprint density at radius 3 is 2.67 bits per heavy atom. The summed E-state index contributed by atoms with van der Waals surface area (Å²) in [5.41, 5.74) is 1.57. The normalized spacial score (nSPS) is 9.56. The lowest BCUT2D eigenvalue weighted by molar-refractivity contribution is 0.947. The zero-order valence-electron chi connectivity index (χ0n) is 5.43. The van der Waals surface area contributed by atoms with E-state index in [1.807, 2.05) is 6.92 Å². The van der Waals surface area contributed by atoms with E-state index in [4.69, 9.17) is 0 Å².